The number of carbonyl (C=O) groups is 1. The molecule has 1 N–H and O–H groups in total. The van der Waals surface area contributed by atoms with Crippen molar-refractivity contribution in [1.29, 1.82) is 0 Å². The smallest absolute Gasteiger partial charge is 0.239 e. The molecule has 3 heteroatoms. The summed E-state index contributed by atoms with van der Waals surface area (Å²) in [5.41, 5.74) is 0. The molecule has 1 atom stereocenters. The molecule has 0 unspecified atom stereocenters. The molecule has 0 aromatic heterocycles. The highest BCUT2D eigenvalue weighted by Gasteiger charge is 2.36. The van der Waals surface area contributed by atoms with Crippen molar-refractivity contribution in [3.05, 3.63) is 0 Å². The Labute approximate surface area is 98.6 Å². The Bertz CT molecular complexity index is 242. The van der Waals surface area contributed by atoms with E-state index in [4.69, 9.17) is 0 Å². The van der Waals surface area contributed by atoms with Crippen molar-refractivity contribution in [2.24, 2.45) is 5.92 Å². The van der Waals surface area contributed by atoms with Crippen LogP contribution in [0.15, 0.2) is 0 Å². The summed E-state index contributed by atoms with van der Waals surface area (Å²) in [4.78, 5) is 14.5. The largest absolute Gasteiger partial charge is 0.338 e. The summed E-state index contributed by atoms with van der Waals surface area (Å²) >= 11 is 0. The predicted molar refractivity (Wildman–Crippen MR) is 65.2 cm³/mol. The molecule has 0 spiro atoms. The van der Waals surface area contributed by atoms with E-state index >= 15 is 0 Å². The molecule has 0 aromatic rings. The molecule has 1 heterocycles. The summed E-state index contributed by atoms with van der Waals surface area (Å²) in [6.07, 6.45) is 5.87. The van der Waals surface area contributed by atoms with Gasteiger partial charge in [0.15, 0.2) is 0 Å². The number of rotatable bonds is 4. The van der Waals surface area contributed by atoms with Crippen LogP contribution in [0.1, 0.15) is 46.0 Å². The second-order valence-corrected chi connectivity index (χ2v) is 5.62. The molecule has 2 aliphatic rings. The Morgan fingerprint density at radius 3 is 2.56 bits per heavy atom. The molecular formula is C13H24N2O. The number of hydrogen-bond donors (Lipinski definition) is 1. The van der Waals surface area contributed by atoms with Crippen molar-refractivity contribution in [3.8, 4) is 0 Å². The lowest BCUT2D eigenvalue weighted by molar-refractivity contribution is -0.135. The topological polar surface area (TPSA) is 32.3 Å². The van der Waals surface area contributed by atoms with E-state index < -0.39 is 0 Å². The molecule has 16 heavy (non-hydrogen) atoms. The highest BCUT2D eigenvalue weighted by molar-refractivity contribution is 5.82. The lowest BCUT2D eigenvalue weighted by Crippen LogP contribution is -2.50. The minimum atomic E-state index is 0.105. The van der Waals surface area contributed by atoms with Gasteiger partial charge in [0, 0.05) is 12.6 Å². The first-order valence-corrected chi connectivity index (χ1v) is 6.72. The Balaban J connectivity index is 1.92. The molecule has 2 fully saturated rings. The Morgan fingerprint density at radius 2 is 2.06 bits per heavy atom. The van der Waals surface area contributed by atoms with Crippen LogP contribution in [0.3, 0.4) is 0 Å². The maximum absolute atomic E-state index is 12.4. The summed E-state index contributed by atoms with van der Waals surface area (Å²) < 4.78 is 0. The average Bonchev–Trinajstić information content (AvgIpc) is 3.10. The lowest BCUT2D eigenvalue weighted by Gasteiger charge is -2.31. The van der Waals surface area contributed by atoms with E-state index in [2.05, 4.69) is 24.1 Å². The molecule has 1 amide bonds. The first-order valence-electron chi connectivity index (χ1n) is 6.72. The summed E-state index contributed by atoms with van der Waals surface area (Å²) in [6.45, 7) is 6.33. The normalized spacial score (nSPS) is 25.8. The van der Waals surface area contributed by atoms with Crippen molar-refractivity contribution in [2.75, 3.05) is 13.1 Å². The first-order chi connectivity index (χ1) is 7.68. The zero-order valence-electron chi connectivity index (χ0n) is 10.5. The average molecular weight is 224 g/mol. The summed E-state index contributed by atoms with van der Waals surface area (Å²) in [5.74, 6) is 0.934. The number of hydrogen-bond acceptors (Lipinski definition) is 2. The fourth-order valence-corrected chi connectivity index (χ4v) is 2.46. The van der Waals surface area contributed by atoms with Crippen LogP contribution in [0.5, 0.6) is 0 Å². The summed E-state index contributed by atoms with van der Waals surface area (Å²) in [6, 6.07) is 0.659. The van der Waals surface area contributed by atoms with Crippen LogP contribution in [0, 0.1) is 5.92 Å². The summed E-state index contributed by atoms with van der Waals surface area (Å²) in [5, 5.41) is 3.36. The van der Waals surface area contributed by atoms with E-state index in [0.717, 1.165) is 19.5 Å². The fourth-order valence-electron chi connectivity index (χ4n) is 2.46. The van der Waals surface area contributed by atoms with E-state index in [1.165, 1.54) is 25.7 Å². The fraction of sp³-hybridized carbons (Fsp3) is 0.923. The zero-order valence-corrected chi connectivity index (χ0v) is 10.5. The van der Waals surface area contributed by atoms with E-state index in [1.807, 2.05) is 0 Å². The van der Waals surface area contributed by atoms with Gasteiger partial charge in [0.2, 0.25) is 5.91 Å². The zero-order chi connectivity index (χ0) is 11.5. The van der Waals surface area contributed by atoms with Crippen LogP contribution >= 0.6 is 0 Å². The van der Waals surface area contributed by atoms with Crippen molar-refractivity contribution in [1.82, 2.24) is 10.2 Å². The van der Waals surface area contributed by atoms with Crippen molar-refractivity contribution < 1.29 is 4.79 Å². The second kappa shape index (κ2) is 5.17. The maximum atomic E-state index is 12.4. The molecular weight excluding hydrogens is 200 g/mol. The Hall–Kier alpha value is -0.570. The monoisotopic (exact) mass is 224 g/mol. The van der Waals surface area contributed by atoms with Crippen LogP contribution < -0.4 is 5.32 Å². The third-order valence-corrected chi connectivity index (χ3v) is 3.44. The molecule has 3 nitrogen and oxygen atoms in total. The number of amides is 1. The van der Waals surface area contributed by atoms with Gasteiger partial charge in [-0.1, -0.05) is 20.3 Å². The number of carbonyl (C=O) groups excluding carboxylic acids is 1. The molecule has 0 radical (unpaired) electrons. The predicted octanol–water partition coefficient (Wildman–Crippen LogP) is 1.78. The number of nitrogens with zero attached hydrogens (tertiary/aromatic N) is 1. The van der Waals surface area contributed by atoms with Crippen molar-refractivity contribution in [3.63, 3.8) is 0 Å². The quantitative estimate of drug-likeness (QED) is 0.789. The third-order valence-electron chi connectivity index (χ3n) is 3.44. The number of nitrogens with one attached hydrogen (secondary N) is 1. The lowest BCUT2D eigenvalue weighted by atomic mass is 10.0. The SMILES string of the molecule is CC(C)CN(C(=O)[C@H]1CCCCN1)C1CC1. The van der Waals surface area contributed by atoms with Gasteiger partial charge in [-0.05, 0) is 38.1 Å². The Kier molecular flexibility index (Phi) is 3.85. The minimum Gasteiger partial charge on any atom is -0.338 e. The van der Waals surface area contributed by atoms with E-state index in [1.54, 1.807) is 0 Å². The number of piperidine rings is 1. The molecule has 0 aromatic carbocycles. The molecule has 1 aliphatic heterocycles. The molecule has 2 rings (SSSR count). The third kappa shape index (κ3) is 2.97. The van der Waals surface area contributed by atoms with E-state index in [-0.39, 0.29) is 6.04 Å². The van der Waals surface area contributed by atoms with Crippen LogP contribution in [0.25, 0.3) is 0 Å². The maximum Gasteiger partial charge on any atom is 0.239 e. The van der Waals surface area contributed by atoms with Crippen LogP contribution in [-0.4, -0.2) is 36.0 Å². The van der Waals surface area contributed by atoms with Crippen molar-refractivity contribution in [2.45, 2.75) is 58.0 Å². The summed E-state index contributed by atoms with van der Waals surface area (Å²) in [7, 11) is 0. The molecule has 92 valence electrons. The highest BCUT2D eigenvalue weighted by Crippen LogP contribution is 2.28. The van der Waals surface area contributed by atoms with Gasteiger partial charge >= 0.3 is 0 Å². The van der Waals surface area contributed by atoms with E-state index in [0.29, 0.717) is 17.9 Å². The van der Waals surface area contributed by atoms with Gasteiger partial charge in [0.1, 0.15) is 0 Å². The van der Waals surface area contributed by atoms with Gasteiger partial charge in [0.25, 0.3) is 0 Å². The van der Waals surface area contributed by atoms with Crippen molar-refractivity contribution >= 4 is 5.91 Å². The highest BCUT2D eigenvalue weighted by atomic mass is 16.2. The van der Waals surface area contributed by atoms with E-state index in [9.17, 15) is 4.79 Å². The van der Waals surface area contributed by atoms with Gasteiger partial charge in [-0.2, -0.15) is 0 Å². The molecule has 0 bridgehead atoms. The van der Waals surface area contributed by atoms with Gasteiger partial charge in [-0.25, -0.2) is 0 Å². The van der Waals surface area contributed by atoms with Gasteiger partial charge in [-0.15, -0.1) is 0 Å². The van der Waals surface area contributed by atoms with Gasteiger partial charge in [-0.3, -0.25) is 4.79 Å². The molecule has 1 aliphatic carbocycles. The van der Waals surface area contributed by atoms with Crippen LogP contribution in [-0.2, 0) is 4.79 Å². The van der Waals surface area contributed by atoms with Crippen LogP contribution in [0.4, 0.5) is 0 Å². The second-order valence-electron chi connectivity index (χ2n) is 5.62. The Morgan fingerprint density at radius 1 is 1.31 bits per heavy atom. The molecule has 1 saturated carbocycles. The minimum absolute atomic E-state index is 0.105. The van der Waals surface area contributed by atoms with Gasteiger partial charge < -0.3 is 10.2 Å². The van der Waals surface area contributed by atoms with Gasteiger partial charge in [0.05, 0.1) is 6.04 Å². The van der Waals surface area contributed by atoms with Crippen LogP contribution in [0.2, 0.25) is 0 Å². The standard InChI is InChI=1S/C13H24N2O/c1-10(2)9-15(11-6-7-11)13(16)12-5-3-4-8-14-12/h10-12,14H,3-9H2,1-2H3/t12-/m1/s1. The first kappa shape index (κ1) is 11.9. The molecule has 1 saturated heterocycles.